The van der Waals surface area contributed by atoms with Crippen LogP contribution in [0.1, 0.15) is 55.1 Å². The van der Waals surface area contributed by atoms with E-state index < -0.39 is 11.9 Å². The zero-order chi connectivity index (χ0) is 18.0. The van der Waals surface area contributed by atoms with Gasteiger partial charge in [0.1, 0.15) is 0 Å². The van der Waals surface area contributed by atoms with Crippen LogP contribution >= 0.6 is 24.8 Å². The number of nitrogens with zero attached hydrogens (tertiary/aromatic N) is 2. The molecule has 0 saturated heterocycles. The third kappa shape index (κ3) is 5.03. The lowest BCUT2D eigenvalue weighted by Gasteiger charge is -2.22. The predicted molar refractivity (Wildman–Crippen MR) is 113 cm³/mol. The summed E-state index contributed by atoms with van der Waals surface area (Å²) in [6, 6.07) is 6.64. The summed E-state index contributed by atoms with van der Waals surface area (Å²) in [7, 11) is 0. The largest absolute Gasteiger partial charge is 0.481 e. The number of nitrogens with two attached hydrogens (primary N) is 1. The summed E-state index contributed by atoms with van der Waals surface area (Å²) >= 11 is 0. The van der Waals surface area contributed by atoms with Crippen LogP contribution in [0, 0.1) is 5.92 Å². The molecule has 27 heavy (non-hydrogen) atoms. The van der Waals surface area contributed by atoms with E-state index in [9.17, 15) is 9.90 Å². The van der Waals surface area contributed by atoms with Crippen molar-refractivity contribution in [3.63, 3.8) is 0 Å². The van der Waals surface area contributed by atoms with Crippen molar-refractivity contribution in [2.24, 2.45) is 11.7 Å². The second-order valence-electron chi connectivity index (χ2n) is 7.22. The van der Waals surface area contributed by atoms with Crippen molar-refractivity contribution >= 4 is 30.8 Å². The van der Waals surface area contributed by atoms with E-state index in [1.165, 1.54) is 16.8 Å². The van der Waals surface area contributed by atoms with Crippen LogP contribution in [0.3, 0.4) is 0 Å². The minimum atomic E-state index is -0.756. The minimum Gasteiger partial charge on any atom is -0.481 e. The predicted octanol–water partition coefficient (Wildman–Crippen LogP) is 3.92. The Morgan fingerprint density at radius 1 is 1.30 bits per heavy atom. The van der Waals surface area contributed by atoms with Crippen LogP contribution in [0.15, 0.2) is 24.5 Å². The van der Waals surface area contributed by atoms with Gasteiger partial charge in [-0.3, -0.25) is 4.79 Å². The number of benzene rings is 1. The Morgan fingerprint density at radius 3 is 2.67 bits per heavy atom. The molecule has 5 nitrogen and oxygen atoms in total. The molecule has 1 aromatic carbocycles. The van der Waals surface area contributed by atoms with Gasteiger partial charge in [-0.05, 0) is 55.3 Å². The fourth-order valence-electron chi connectivity index (χ4n) is 3.62. The second kappa shape index (κ2) is 10.1. The van der Waals surface area contributed by atoms with Crippen molar-refractivity contribution in [2.45, 2.75) is 51.9 Å². The summed E-state index contributed by atoms with van der Waals surface area (Å²) in [5, 5.41) is 9.47. The monoisotopic (exact) mass is 413 g/mol. The Kier molecular flexibility index (Phi) is 8.79. The first-order chi connectivity index (χ1) is 12.0. The first-order valence-electron chi connectivity index (χ1n) is 9.12. The van der Waals surface area contributed by atoms with Crippen molar-refractivity contribution in [1.29, 1.82) is 0 Å². The summed E-state index contributed by atoms with van der Waals surface area (Å²) < 4.78 is 2.14. The van der Waals surface area contributed by atoms with Crippen molar-refractivity contribution in [1.82, 2.24) is 9.55 Å². The van der Waals surface area contributed by atoms with Crippen LogP contribution in [0.4, 0.5) is 0 Å². The van der Waals surface area contributed by atoms with Gasteiger partial charge in [-0.2, -0.15) is 0 Å². The maximum absolute atomic E-state index is 11.5. The first kappa shape index (κ1) is 23.5. The van der Waals surface area contributed by atoms with Gasteiger partial charge in [-0.15, -0.1) is 24.8 Å². The van der Waals surface area contributed by atoms with Gasteiger partial charge in [-0.25, -0.2) is 4.98 Å². The third-order valence-electron chi connectivity index (χ3n) is 5.16. The highest BCUT2D eigenvalue weighted by atomic mass is 35.5. The van der Waals surface area contributed by atoms with Gasteiger partial charge in [0, 0.05) is 17.8 Å². The first-order valence-corrected chi connectivity index (χ1v) is 9.12. The molecule has 1 aliphatic rings. The number of aryl methyl sites for hydroxylation is 1. The smallest absolute Gasteiger partial charge is 0.306 e. The molecule has 0 amide bonds. The number of hydrogen-bond acceptors (Lipinski definition) is 3. The van der Waals surface area contributed by atoms with Crippen LogP contribution in [-0.2, 0) is 24.1 Å². The lowest BCUT2D eigenvalue weighted by atomic mass is 9.92. The molecule has 3 rings (SSSR count). The highest BCUT2D eigenvalue weighted by Crippen LogP contribution is 2.30. The van der Waals surface area contributed by atoms with Gasteiger partial charge in [0.15, 0.2) is 0 Å². The molecule has 0 fully saturated rings. The number of aromatic nitrogens is 2. The molecule has 0 radical (unpaired) electrons. The number of carbonyl (C=O) groups is 1. The van der Waals surface area contributed by atoms with Crippen LogP contribution in [0.2, 0.25) is 0 Å². The Hall–Kier alpha value is -1.56. The lowest BCUT2D eigenvalue weighted by molar-refractivity contribution is -0.142. The van der Waals surface area contributed by atoms with Gasteiger partial charge >= 0.3 is 5.97 Å². The summed E-state index contributed by atoms with van der Waals surface area (Å²) in [5.41, 5.74) is 11.5. The van der Waals surface area contributed by atoms with E-state index in [2.05, 4.69) is 41.6 Å². The van der Waals surface area contributed by atoms with Crippen LogP contribution in [0.5, 0.6) is 0 Å². The number of fused-ring (bicyclic) bond motifs is 3. The molecule has 0 saturated carbocycles. The molecule has 0 aliphatic carbocycles. The SMILES string of the molecule is CC(C)c1ccc2c(c1)CCc1c(C[C@H](CCCN)C(=O)O)ncn1-2.Cl.Cl. The van der Waals surface area contributed by atoms with Gasteiger partial charge in [0.25, 0.3) is 0 Å². The third-order valence-corrected chi connectivity index (χ3v) is 5.16. The molecule has 150 valence electrons. The van der Waals surface area contributed by atoms with Gasteiger partial charge in [0.2, 0.25) is 0 Å². The molecule has 2 aromatic rings. The van der Waals surface area contributed by atoms with Crippen molar-refractivity contribution < 1.29 is 9.90 Å². The summed E-state index contributed by atoms with van der Waals surface area (Å²) in [5.74, 6) is -0.648. The molecule has 3 N–H and O–H groups in total. The van der Waals surface area contributed by atoms with Crippen molar-refractivity contribution in [3.05, 3.63) is 47.0 Å². The highest BCUT2D eigenvalue weighted by molar-refractivity contribution is 5.85. The molecule has 0 unspecified atom stereocenters. The number of hydrogen-bond donors (Lipinski definition) is 2. The number of rotatable bonds is 7. The molecule has 0 bridgehead atoms. The lowest BCUT2D eigenvalue weighted by Crippen LogP contribution is -2.20. The normalized spacial score (nSPS) is 13.2. The van der Waals surface area contributed by atoms with E-state index in [-0.39, 0.29) is 24.8 Å². The summed E-state index contributed by atoms with van der Waals surface area (Å²) in [6.45, 7) is 4.94. The van der Waals surface area contributed by atoms with E-state index in [4.69, 9.17) is 5.73 Å². The molecule has 1 aliphatic heterocycles. The Bertz CT molecular complexity index is 775. The van der Waals surface area contributed by atoms with E-state index in [0.717, 1.165) is 30.7 Å². The minimum absolute atomic E-state index is 0. The molecule has 1 aromatic heterocycles. The Labute approximate surface area is 173 Å². The maximum Gasteiger partial charge on any atom is 0.306 e. The molecule has 0 spiro atoms. The number of halogens is 2. The highest BCUT2D eigenvalue weighted by Gasteiger charge is 2.25. The van der Waals surface area contributed by atoms with Crippen molar-refractivity contribution in [2.75, 3.05) is 6.54 Å². The maximum atomic E-state index is 11.5. The standard InChI is InChI=1S/C20H27N3O2.2ClH/c1-13(2)14-5-7-18-15(10-14)6-8-19-17(22-12-23(18)19)11-16(20(24)25)4-3-9-21;;/h5,7,10,12-13,16H,3-4,6,8-9,11,21H2,1-2H3,(H,24,25);2*1H/t16-;;/m0../s1. The van der Waals surface area contributed by atoms with E-state index in [0.29, 0.717) is 25.3 Å². The van der Waals surface area contributed by atoms with Gasteiger partial charge in [-0.1, -0.05) is 26.0 Å². The van der Waals surface area contributed by atoms with Crippen LogP contribution in [-0.4, -0.2) is 27.2 Å². The summed E-state index contributed by atoms with van der Waals surface area (Å²) in [6.07, 6.45) is 5.55. The Morgan fingerprint density at radius 2 is 2.04 bits per heavy atom. The Balaban J connectivity index is 0.00000182. The summed E-state index contributed by atoms with van der Waals surface area (Å²) in [4.78, 5) is 16.1. The average Bonchev–Trinajstić information content (AvgIpc) is 3.01. The molecule has 2 heterocycles. The zero-order valence-corrected chi connectivity index (χ0v) is 17.5. The van der Waals surface area contributed by atoms with Gasteiger partial charge in [0.05, 0.1) is 17.9 Å². The van der Waals surface area contributed by atoms with Crippen LogP contribution in [0.25, 0.3) is 5.69 Å². The average molecular weight is 414 g/mol. The number of carboxylic acid groups (broad SMARTS) is 1. The molecule has 7 heteroatoms. The fraction of sp³-hybridized carbons (Fsp3) is 0.500. The molecule has 1 atom stereocenters. The number of aliphatic carboxylic acids is 1. The quantitative estimate of drug-likeness (QED) is 0.720. The van der Waals surface area contributed by atoms with Gasteiger partial charge < -0.3 is 15.4 Å². The molecular formula is C20H29Cl2N3O2. The fourth-order valence-corrected chi connectivity index (χ4v) is 3.62. The van der Waals surface area contributed by atoms with E-state index >= 15 is 0 Å². The number of carboxylic acids is 1. The van der Waals surface area contributed by atoms with Crippen LogP contribution < -0.4 is 5.73 Å². The topological polar surface area (TPSA) is 81.1 Å². The van der Waals surface area contributed by atoms with Crippen molar-refractivity contribution in [3.8, 4) is 5.69 Å². The molecular weight excluding hydrogens is 385 g/mol. The van der Waals surface area contributed by atoms with E-state index in [1.54, 1.807) is 0 Å². The second-order valence-corrected chi connectivity index (χ2v) is 7.22. The zero-order valence-electron chi connectivity index (χ0n) is 15.9. The van der Waals surface area contributed by atoms with E-state index in [1.807, 2.05) is 6.33 Å². The number of imidazole rings is 1.